The van der Waals surface area contributed by atoms with Gasteiger partial charge in [-0.05, 0) is 37.1 Å². The number of aliphatic hydroxyl groups excluding tert-OH is 1. The molecule has 0 aliphatic carbocycles. The van der Waals surface area contributed by atoms with E-state index >= 15 is 0 Å². The zero-order valence-electron chi connectivity index (χ0n) is 9.63. The van der Waals surface area contributed by atoms with Crippen molar-refractivity contribution in [1.29, 1.82) is 0 Å². The summed E-state index contributed by atoms with van der Waals surface area (Å²) in [6.07, 6.45) is 3.55. The number of hydrogen-bond acceptors (Lipinski definition) is 3. The quantitative estimate of drug-likeness (QED) is 0.826. The first-order valence-corrected chi connectivity index (χ1v) is 6.11. The van der Waals surface area contributed by atoms with Crippen LogP contribution in [0.4, 0.5) is 0 Å². The minimum atomic E-state index is -0.427. The molecule has 1 saturated heterocycles. The van der Waals surface area contributed by atoms with Crippen molar-refractivity contribution in [2.24, 2.45) is 0 Å². The molecule has 3 heteroatoms. The lowest BCUT2D eigenvalue weighted by Crippen LogP contribution is -2.28. The molecule has 1 aromatic heterocycles. The first kappa shape index (κ1) is 10.7. The number of nitrogens with zero attached hydrogens (tertiary/aromatic N) is 1. The van der Waals surface area contributed by atoms with Crippen LogP contribution in [-0.4, -0.2) is 22.7 Å². The van der Waals surface area contributed by atoms with E-state index in [1.807, 2.05) is 30.3 Å². The Labute approximate surface area is 100 Å². The van der Waals surface area contributed by atoms with Crippen molar-refractivity contribution in [3.63, 3.8) is 0 Å². The van der Waals surface area contributed by atoms with E-state index < -0.39 is 6.10 Å². The highest BCUT2D eigenvalue weighted by Gasteiger charge is 2.23. The standard InChI is InChI=1S/C14H16N2O/c17-14(12-4-2-8-15-12)11-6-5-10-3-1-7-16-13(10)9-11/h1,3,5-7,9,12,14-15,17H,2,4,8H2. The van der Waals surface area contributed by atoms with Gasteiger partial charge in [0, 0.05) is 17.6 Å². The number of benzene rings is 1. The van der Waals surface area contributed by atoms with Crippen LogP contribution in [0.5, 0.6) is 0 Å². The molecule has 2 aromatic rings. The van der Waals surface area contributed by atoms with E-state index in [0.29, 0.717) is 0 Å². The Morgan fingerprint density at radius 3 is 3.12 bits per heavy atom. The summed E-state index contributed by atoms with van der Waals surface area (Å²) in [5.41, 5.74) is 1.90. The number of aliphatic hydroxyl groups is 1. The molecule has 0 spiro atoms. The van der Waals surface area contributed by atoms with E-state index in [0.717, 1.165) is 35.9 Å². The molecule has 17 heavy (non-hydrogen) atoms. The van der Waals surface area contributed by atoms with Gasteiger partial charge in [0.05, 0.1) is 11.6 Å². The van der Waals surface area contributed by atoms with Crippen LogP contribution in [-0.2, 0) is 0 Å². The zero-order valence-corrected chi connectivity index (χ0v) is 9.63. The van der Waals surface area contributed by atoms with Gasteiger partial charge in [0.1, 0.15) is 0 Å². The normalized spacial score (nSPS) is 21.8. The summed E-state index contributed by atoms with van der Waals surface area (Å²) in [5, 5.41) is 14.7. The highest BCUT2D eigenvalue weighted by molar-refractivity contribution is 5.78. The van der Waals surface area contributed by atoms with Crippen LogP contribution < -0.4 is 5.32 Å². The summed E-state index contributed by atoms with van der Waals surface area (Å²) in [5.74, 6) is 0. The van der Waals surface area contributed by atoms with Crippen LogP contribution >= 0.6 is 0 Å². The van der Waals surface area contributed by atoms with Crippen molar-refractivity contribution in [3.8, 4) is 0 Å². The average molecular weight is 228 g/mol. The first-order valence-electron chi connectivity index (χ1n) is 6.11. The van der Waals surface area contributed by atoms with Gasteiger partial charge in [-0.1, -0.05) is 18.2 Å². The third-order valence-corrected chi connectivity index (χ3v) is 3.45. The summed E-state index contributed by atoms with van der Waals surface area (Å²) in [4.78, 5) is 4.32. The fraction of sp³-hybridized carbons (Fsp3) is 0.357. The number of fused-ring (bicyclic) bond motifs is 1. The molecule has 0 bridgehead atoms. The Morgan fingerprint density at radius 1 is 1.35 bits per heavy atom. The number of nitrogens with one attached hydrogen (secondary N) is 1. The van der Waals surface area contributed by atoms with E-state index in [2.05, 4.69) is 10.3 Å². The fourth-order valence-electron chi connectivity index (χ4n) is 2.48. The van der Waals surface area contributed by atoms with Crippen LogP contribution in [0.3, 0.4) is 0 Å². The lowest BCUT2D eigenvalue weighted by atomic mass is 10.00. The Kier molecular flexibility index (Phi) is 2.79. The molecule has 2 heterocycles. The number of rotatable bonds is 2. The second-order valence-corrected chi connectivity index (χ2v) is 4.60. The number of hydrogen-bond donors (Lipinski definition) is 2. The third kappa shape index (κ3) is 2.04. The molecule has 0 amide bonds. The molecule has 2 atom stereocenters. The summed E-state index contributed by atoms with van der Waals surface area (Å²) in [7, 11) is 0. The Balaban J connectivity index is 1.94. The summed E-state index contributed by atoms with van der Waals surface area (Å²) in [6.45, 7) is 1.01. The maximum absolute atomic E-state index is 10.3. The molecule has 0 saturated carbocycles. The van der Waals surface area contributed by atoms with Gasteiger partial charge in [0.25, 0.3) is 0 Å². The van der Waals surface area contributed by atoms with Crippen LogP contribution in [0.15, 0.2) is 36.5 Å². The highest BCUT2D eigenvalue weighted by Crippen LogP contribution is 2.25. The number of pyridine rings is 1. The topological polar surface area (TPSA) is 45.2 Å². The monoisotopic (exact) mass is 228 g/mol. The molecule has 1 aliphatic heterocycles. The Morgan fingerprint density at radius 2 is 2.29 bits per heavy atom. The molecule has 1 fully saturated rings. The summed E-state index contributed by atoms with van der Waals surface area (Å²) >= 11 is 0. The van der Waals surface area contributed by atoms with Gasteiger partial charge in [-0.3, -0.25) is 4.98 Å². The second kappa shape index (κ2) is 4.43. The molecular formula is C14H16N2O. The van der Waals surface area contributed by atoms with Gasteiger partial charge in [-0.25, -0.2) is 0 Å². The van der Waals surface area contributed by atoms with Crippen LogP contribution in [0.1, 0.15) is 24.5 Å². The van der Waals surface area contributed by atoms with Crippen LogP contribution in [0.2, 0.25) is 0 Å². The van der Waals surface area contributed by atoms with Gasteiger partial charge in [-0.2, -0.15) is 0 Å². The summed E-state index contributed by atoms with van der Waals surface area (Å²) in [6, 6.07) is 10.2. The van der Waals surface area contributed by atoms with Gasteiger partial charge in [-0.15, -0.1) is 0 Å². The van der Waals surface area contributed by atoms with Crippen molar-refractivity contribution in [2.75, 3.05) is 6.54 Å². The van der Waals surface area contributed by atoms with E-state index in [4.69, 9.17) is 0 Å². The SMILES string of the molecule is OC(c1ccc2cccnc2c1)C1CCCN1. The number of aromatic nitrogens is 1. The lowest BCUT2D eigenvalue weighted by Gasteiger charge is -2.18. The van der Waals surface area contributed by atoms with Gasteiger partial charge in [0.15, 0.2) is 0 Å². The largest absolute Gasteiger partial charge is 0.387 e. The Bertz CT molecular complexity index is 520. The van der Waals surface area contributed by atoms with Crippen molar-refractivity contribution in [2.45, 2.75) is 25.0 Å². The molecule has 1 aliphatic rings. The van der Waals surface area contributed by atoms with Gasteiger partial charge < -0.3 is 10.4 Å². The van der Waals surface area contributed by atoms with Crippen LogP contribution in [0, 0.1) is 0 Å². The maximum atomic E-state index is 10.3. The first-order chi connectivity index (χ1) is 8.34. The molecule has 3 rings (SSSR count). The minimum absolute atomic E-state index is 0.191. The second-order valence-electron chi connectivity index (χ2n) is 4.60. The molecule has 2 unspecified atom stereocenters. The molecule has 2 N–H and O–H groups in total. The van der Waals surface area contributed by atoms with E-state index in [9.17, 15) is 5.11 Å². The van der Waals surface area contributed by atoms with Crippen molar-refractivity contribution >= 4 is 10.9 Å². The van der Waals surface area contributed by atoms with Gasteiger partial charge >= 0.3 is 0 Å². The Hall–Kier alpha value is -1.45. The minimum Gasteiger partial charge on any atom is -0.387 e. The summed E-state index contributed by atoms with van der Waals surface area (Å²) < 4.78 is 0. The molecule has 0 radical (unpaired) electrons. The molecule has 88 valence electrons. The van der Waals surface area contributed by atoms with Crippen molar-refractivity contribution in [3.05, 3.63) is 42.1 Å². The zero-order chi connectivity index (χ0) is 11.7. The van der Waals surface area contributed by atoms with E-state index in [1.54, 1.807) is 6.20 Å². The average Bonchev–Trinajstić information content (AvgIpc) is 2.91. The predicted octanol–water partition coefficient (Wildman–Crippen LogP) is 2.02. The van der Waals surface area contributed by atoms with E-state index in [1.165, 1.54) is 0 Å². The fourth-order valence-corrected chi connectivity index (χ4v) is 2.48. The predicted molar refractivity (Wildman–Crippen MR) is 67.7 cm³/mol. The van der Waals surface area contributed by atoms with Gasteiger partial charge in [0.2, 0.25) is 0 Å². The maximum Gasteiger partial charge on any atom is 0.0943 e. The molecular weight excluding hydrogens is 212 g/mol. The van der Waals surface area contributed by atoms with Crippen molar-refractivity contribution in [1.82, 2.24) is 10.3 Å². The third-order valence-electron chi connectivity index (χ3n) is 3.45. The lowest BCUT2D eigenvalue weighted by molar-refractivity contribution is 0.137. The van der Waals surface area contributed by atoms with Crippen molar-refractivity contribution < 1.29 is 5.11 Å². The van der Waals surface area contributed by atoms with Crippen LogP contribution in [0.25, 0.3) is 10.9 Å². The molecule has 3 nitrogen and oxygen atoms in total. The van der Waals surface area contributed by atoms with E-state index in [-0.39, 0.29) is 6.04 Å². The smallest absolute Gasteiger partial charge is 0.0943 e. The highest BCUT2D eigenvalue weighted by atomic mass is 16.3. The molecule has 1 aromatic carbocycles.